The number of amides is 1. The van der Waals surface area contributed by atoms with E-state index in [9.17, 15) is 9.59 Å². The molecule has 0 spiro atoms. The third-order valence-corrected chi connectivity index (χ3v) is 3.70. The van der Waals surface area contributed by atoms with Gasteiger partial charge in [-0.3, -0.25) is 9.59 Å². The second kappa shape index (κ2) is 6.19. The standard InChI is InChI=1S/C16H18N2O4/c1-2-22-11-3-4-12-13(10-17-14(12)9-11)15(19)16(20)18-5-7-21-8-6-18/h3-4,9-10,17H,2,5-8H2,1H3. The number of H-pyrrole nitrogens is 1. The Morgan fingerprint density at radius 2 is 2.09 bits per heavy atom. The zero-order valence-electron chi connectivity index (χ0n) is 12.4. The molecule has 0 bridgehead atoms. The van der Waals surface area contributed by atoms with E-state index in [4.69, 9.17) is 9.47 Å². The number of ether oxygens (including phenoxy) is 2. The number of ketones is 1. The summed E-state index contributed by atoms with van der Waals surface area (Å²) in [5.74, 6) is -0.231. The van der Waals surface area contributed by atoms with Crippen molar-refractivity contribution < 1.29 is 19.1 Å². The number of carbonyl (C=O) groups is 2. The topological polar surface area (TPSA) is 71.6 Å². The summed E-state index contributed by atoms with van der Waals surface area (Å²) in [7, 11) is 0. The number of rotatable bonds is 4. The lowest BCUT2D eigenvalue weighted by atomic mass is 10.1. The monoisotopic (exact) mass is 302 g/mol. The van der Waals surface area contributed by atoms with Crippen LogP contribution in [0, 0.1) is 0 Å². The highest BCUT2D eigenvalue weighted by Gasteiger charge is 2.26. The molecule has 116 valence electrons. The first-order valence-electron chi connectivity index (χ1n) is 7.36. The van der Waals surface area contributed by atoms with Gasteiger partial charge in [-0.15, -0.1) is 0 Å². The fourth-order valence-electron chi connectivity index (χ4n) is 2.57. The van der Waals surface area contributed by atoms with Crippen molar-refractivity contribution in [3.05, 3.63) is 30.0 Å². The molecule has 1 aliphatic rings. The van der Waals surface area contributed by atoms with Crippen molar-refractivity contribution in [3.63, 3.8) is 0 Å². The highest BCUT2D eigenvalue weighted by atomic mass is 16.5. The Kier molecular flexibility index (Phi) is 4.11. The molecule has 1 amide bonds. The molecule has 0 radical (unpaired) electrons. The smallest absolute Gasteiger partial charge is 0.295 e. The number of aromatic amines is 1. The average molecular weight is 302 g/mol. The van der Waals surface area contributed by atoms with Crippen molar-refractivity contribution in [1.82, 2.24) is 9.88 Å². The van der Waals surface area contributed by atoms with Crippen molar-refractivity contribution in [2.45, 2.75) is 6.92 Å². The van der Waals surface area contributed by atoms with E-state index in [1.165, 1.54) is 0 Å². The fraction of sp³-hybridized carbons (Fsp3) is 0.375. The molecule has 1 N–H and O–H groups in total. The molecule has 22 heavy (non-hydrogen) atoms. The Labute approximate surface area is 128 Å². The summed E-state index contributed by atoms with van der Waals surface area (Å²) in [6.45, 7) is 4.36. The highest BCUT2D eigenvalue weighted by molar-refractivity contribution is 6.44. The predicted molar refractivity (Wildman–Crippen MR) is 81.2 cm³/mol. The summed E-state index contributed by atoms with van der Waals surface area (Å²) in [6, 6.07) is 5.43. The zero-order valence-corrected chi connectivity index (χ0v) is 12.4. The number of benzene rings is 1. The summed E-state index contributed by atoms with van der Waals surface area (Å²) < 4.78 is 10.6. The van der Waals surface area contributed by atoms with Crippen LogP contribution < -0.4 is 4.74 Å². The maximum absolute atomic E-state index is 12.4. The number of carbonyl (C=O) groups excluding carboxylic acids is 2. The molecule has 0 saturated carbocycles. The van der Waals surface area contributed by atoms with Crippen LogP contribution in [-0.4, -0.2) is 54.5 Å². The Hall–Kier alpha value is -2.34. The Morgan fingerprint density at radius 3 is 2.82 bits per heavy atom. The number of morpholine rings is 1. The van der Waals surface area contributed by atoms with E-state index in [2.05, 4.69) is 4.98 Å². The van der Waals surface area contributed by atoms with Crippen LogP contribution >= 0.6 is 0 Å². The predicted octanol–water partition coefficient (Wildman–Crippen LogP) is 1.61. The summed E-state index contributed by atoms with van der Waals surface area (Å²) in [6.07, 6.45) is 1.58. The van der Waals surface area contributed by atoms with E-state index in [0.29, 0.717) is 38.5 Å². The SMILES string of the molecule is CCOc1ccc2c(C(=O)C(=O)N3CCOCC3)c[nH]c2c1. The number of hydrogen-bond acceptors (Lipinski definition) is 4. The van der Waals surface area contributed by atoms with Crippen LogP contribution in [0.25, 0.3) is 10.9 Å². The van der Waals surface area contributed by atoms with Gasteiger partial charge in [0.05, 0.1) is 25.4 Å². The maximum atomic E-state index is 12.4. The van der Waals surface area contributed by atoms with Gasteiger partial charge < -0.3 is 19.4 Å². The molecule has 0 atom stereocenters. The van der Waals surface area contributed by atoms with E-state index in [1.54, 1.807) is 23.2 Å². The number of hydrogen-bond donors (Lipinski definition) is 1. The number of aromatic nitrogens is 1. The van der Waals surface area contributed by atoms with Gasteiger partial charge in [0.2, 0.25) is 0 Å². The number of nitrogens with zero attached hydrogens (tertiary/aromatic N) is 1. The van der Waals surface area contributed by atoms with Crippen molar-refractivity contribution in [3.8, 4) is 5.75 Å². The van der Waals surface area contributed by atoms with Crippen LogP contribution in [0.5, 0.6) is 5.75 Å². The molecule has 2 heterocycles. The van der Waals surface area contributed by atoms with Gasteiger partial charge in [-0.05, 0) is 19.1 Å². The van der Waals surface area contributed by atoms with Crippen LogP contribution in [0.1, 0.15) is 17.3 Å². The molecular formula is C16H18N2O4. The molecule has 1 aliphatic heterocycles. The lowest BCUT2D eigenvalue weighted by molar-refractivity contribution is -0.130. The molecule has 1 aromatic carbocycles. The summed E-state index contributed by atoms with van der Waals surface area (Å²) in [4.78, 5) is 29.3. The first-order chi connectivity index (χ1) is 10.7. The first-order valence-corrected chi connectivity index (χ1v) is 7.36. The molecule has 1 saturated heterocycles. The molecule has 6 heteroatoms. The first kappa shape index (κ1) is 14.6. The Morgan fingerprint density at radius 1 is 1.32 bits per heavy atom. The number of Topliss-reactive ketones (excluding diaryl/α,β-unsaturated/α-hetero) is 1. The van der Waals surface area contributed by atoms with E-state index in [-0.39, 0.29) is 0 Å². The van der Waals surface area contributed by atoms with Crippen LogP contribution in [0.15, 0.2) is 24.4 Å². The Balaban J connectivity index is 1.86. The number of nitrogens with one attached hydrogen (secondary N) is 1. The third-order valence-electron chi connectivity index (χ3n) is 3.70. The van der Waals surface area contributed by atoms with Gasteiger partial charge in [0.25, 0.3) is 11.7 Å². The van der Waals surface area contributed by atoms with Gasteiger partial charge in [0.15, 0.2) is 0 Å². The van der Waals surface area contributed by atoms with Gasteiger partial charge in [-0.25, -0.2) is 0 Å². The zero-order chi connectivity index (χ0) is 15.5. The van der Waals surface area contributed by atoms with Gasteiger partial charge in [-0.2, -0.15) is 0 Å². The van der Waals surface area contributed by atoms with E-state index in [1.807, 2.05) is 13.0 Å². The molecule has 6 nitrogen and oxygen atoms in total. The number of fused-ring (bicyclic) bond motifs is 1. The summed E-state index contributed by atoms with van der Waals surface area (Å²) in [5.41, 5.74) is 1.18. The minimum atomic E-state index is -0.489. The minimum absolute atomic E-state index is 0.398. The molecule has 3 rings (SSSR count). The van der Waals surface area contributed by atoms with E-state index < -0.39 is 11.7 Å². The third kappa shape index (κ3) is 2.69. The van der Waals surface area contributed by atoms with Gasteiger partial charge >= 0.3 is 0 Å². The molecule has 2 aromatic rings. The van der Waals surface area contributed by atoms with Gasteiger partial charge in [0.1, 0.15) is 5.75 Å². The van der Waals surface area contributed by atoms with Gasteiger partial charge in [-0.1, -0.05) is 0 Å². The van der Waals surface area contributed by atoms with Crippen molar-refractivity contribution in [2.75, 3.05) is 32.9 Å². The maximum Gasteiger partial charge on any atom is 0.295 e. The fourth-order valence-corrected chi connectivity index (χ4v) is 2.57. The quantitative estimate of drug-likeness (QED) is 0.688. The van der Waals surface area contributed by atoms with Crippen LogP contribution in [0.4, 0.5) is 0 Å². The second-order valence-electron chi connectivity index (χ2n) is 5.08. The lowest BCUT2D eigenvalue weighted by Crippen LogP contribution is -2.44. The van der Waals surface area contributed by atoms with Crippen molar-refractivity contribution in [2.24, 2.45) is 0 Å². The van der Waals surface area contributed by atoms with Crippen LogP contribution in [-0.2, 0) is 9.53 Å². The molecular weight excluding hydrogens is 284 g/mol. The molecule has 1 fully saturated rings. The van der Waals surface area contributed by atoms with E-state index >= 15 is 0 Å². The van der Waals surface area contributed by atoms with Crippen LogP contribution in [0.2, 0.25) is 0 Å². The molecule has 0 aliphatic carbocycles. The normalized spacial score (nSPS) is 15.0. The average Bonchev–Trinajstić information content (AvgIpc) is 2.98. The van der Waals surface area contributed by atoms with E-state index in [0.717, 1.165) is 16.7 Å². The van der Waals surface area contributed by atoms with Crippen LogP contribution in [0.3, 0.4) is 0 Å². The lowest BCUT2D eigenvalue weighted by Gasteiger charge is -2.25. The van der Waals surface area contributed by atoms with Gasteiger partial charge in [0, 0.05) is 36.3 Å². The highest BCUT2D eigenvalue weighted by Crippen LogP contribution is 2.24. The summed E-state index contributed by atoms with van der Waals surface area (Å²) >= 11 is 0. The summed E-state index contributed by atoms with van der Waals surface area (Å²) in [5, 5.41) is 0.732. The molecule has 1 aromatic heterocycles. The second-order valence-corrected chi connectivity index (χ2v) is 5.08. The largest absolute Gasteiger partial charge is 0.494 e. The molecule has 0 unspecified atom stereocenters. The van der Waals surface area contributed by atoms with Crippen molar-refractivity contribution >= 4 is 22.6 Å². The van der Waals surface area contributed by atoms with Crippen molar-refractivity contribution in [1.29, 1.82) is 0 Å². The Bertz CT molecular complexity index is 701. The minimum Gasteiger partial charge on any atom is -0.494 e.